The van der Waals surface area contributed by atoms with Crippen molar-refractivity contribution in [3.8, 4) is 0 Å². The van der Waals surface area contributed by atoms with Crippen LogP contribution in [-0.2, 0) is 9.59 Å². The molecule has 7 rings (SSSR count). The van der Waals surface area contributed by atoms with Gasteiger partial charge in [0, 0.05) is 11.8 Å². The van der Waals surface area contributed by atoms with Crippen molar-refractivity contribution in [1.82, 2.24) is 14.9 Å². The normalized spacial score (nSPS) is 28.1. The van der Waals surface area contributed by atoms with Crippen molar-refractivity contribution in [2.24, 2.45) is 11.8 Å². The van der Waals surface area contributed by atoms with E-state index >= 15 is 0 Å². The molecule has 0 N–H and O–H groups in total. The summed E-state index contributed by atoms with van der Waals surface area (Å²) >= 11 is 0. The molecule has 1 fully saturated rings. The zero-order valence-corrected chi connectivity index (χ0v) is 13.7. The molecule has 1 aliphatic heterocycles. The second-order valence-electron chi connectivity index (χ2n) is 7.09. The third-order valence-electron chi connectivity index (χ3n) is 6.06. The first-order valence-corrected chi connectivity index (χ1v) is 8.68. The zero-order chi connectivity index (χ0) is 17.4. The van der Waals surface area contributed by atoms with Crippen LogP contribution in [-0.4, -0.2) is 26.7 Å². The molecule has 2 bridgehead atoms. The summed E-state index contributed by atoms with van der Waals surface area (Å²) in [4.78, 5) is 26.6. The molecule has 2 amide bonds. The molecule has 2 atom stereocenters. The second kappa shape index (κ2) is 4.66. The van der Waals surface area contributed by atoms with Gasteiger partial charge in [0.25, 0.3) is 11.8 Å². The van der Waals surface area contributed by atoms with Gasteiger partial charge in [0.1, 0.15) is 12.7 Å². The average molecular weight is 342 g/mol. The van der Waals surface area contributed by atoms with Crippen molar-refractivity contribution in [1.29, 1.82) is 0 Å². The van der Waals surface area contributed by atoms with Crippen LogP contribution in [0.15, 0.2) is 61.2 Å². The molecular formula is C20H14N4O2. The number of carbonyl (C=O) groups excluding carboxylic acids is 2. The lowest BCUT2D eigenvalue weighted by Crippen LogP contribution is -2.41. The first kappa shape index (κ1) is 13.9. The van der Waals surface area contributed by atoms with E-state index in [4.69, 9.17) is 0 Å². The maximum absolute atomic E-state index is 13.3. The molecule has 26 heavy (non-hydrogen) atoms. The summed E-state index contributed by atoms with van der Waals surface area (Å²) in [6, 6.07) is 16.4. The van der Waals surface area contributed by atoms with E-state index in [2.05, 4.69) is 34.5 Å². The standard InChI is InChI=1S/C20H14N4O2/c25-19-17-15-11-5-1-2-6-12(11)16(14-8-4-3-7-13(14)15)18(17)20(26)24(19)23-9-21-22-10-23/h1-10,15-18H/t15?,16?,17-,18-/m0/s1. The van der Waals surface area contributed by atoms with Crippen LogP contribution in [0.5, 0.6) is 0 Å². The van der Waals surface area contributed by atoms with Crippen molar-refractivity contribution in [3.63, 3.8) is 0 Å². The predicted octanol–water partition coefficient (Wildman–Crippen LogP) is 1.81. The van der Waals surface area contributed by atoms with Crippen molar-refractivity contribution >= 4 is 11.8 Å². The third kappa shape index (κ3) is 1.48. The lowest BCUT2D eigenvalue weighted by atomic mass is 9.55. The average Bonchev–Trinajstić information content (AvgIpc) is 3.29. The van der Waals surface area contributed by atoms with Crippen molar-refractivity contribution in [2.45, 2.75) is 11.8 Å². The van der Waals surface area contributed by atoms with Gasteiger partial charge >= 0.3 is 0 Å². The number of carbonyl (C=O) groups is 2. The van der Waals surface area contributed by atoms with E-state index in [-0.39, 0.29) is 35.5 Å². The van der Waals surface area contributed by atoms with Crippen molar-refractivity contribution in [2.75, 3.05) is 5.01 Å². The minimum atomic E-state index is -0.375. The monoisotopic (exact) mass is 342 g/mol. The van der Waals surface area contributed by atoms with Gasteiger partial charge in [-0.15, -0.1) is 10.2 Å². The van der Waals surface area contributed by atoms with E-state index in [0.29, 0.717) is 0 Å². The molecular weight excluding hydrogens is 328 g/mol. The Labute approximate surface area is 149 Å². The van der Waals surface area contributed by atoms with Gasteiger partial charge in [-0.3, -0.25) is 9.59 Å². The van der Waals surface area contributed by atoms with E-state index in [0.717, 1.165) is 0 Å². The summed E-state index contributed by atoms with van der Waals surface area (Å²) in [5.74, 6) is -1.26. The van der Waals surface area contributed by atoms with Crippen LogP contribution in [0, 0.1) is 11.8 Å². The fourth-order valence-corrected chi connectivity index (χ4v) is 5.19. The van der Waals surface area contributed by atoms with Gasteiger partial charge in [-0.1, -0.05) is 48.5 Å². The summed E-state index contributed by atoms with van der Waals surface area (Å²) in [5, 5.41) is 8.72. The van der Waals surface area contributed by atoms with Crippen LogP contribution < -0.4 is 5.01 Å². The van der Waals surface area contributed by atoms with Crippen molar-refractivity contribution in [3.05, 3.63) is 83.4 Å². The fourth-order valence-electron chi connectivity index (χ4n) is 5.19. The molecule has 3 aromatic rings. The number of benzene rings is 2. The topological polar surface area (TPSA) is 68.1 Å². The van der Waals surface area contributed by atoms with Gasteiger partial charge in [-0.25, -0.2) is 4.68 Å². The molecule has 1 aromatic heterocycles. The van der Waals surface area contributed by atoms with E-state index < -0.39 is 0 Å². The molecule has 126 valence electrons. The van der Waals surface area contributed by atoms with Crippen molar-refractivity contribution < 1.29 is 9.59 Å². The second-order valence-corrected chi connectivity index (χ2v) is 7.09. The smallest absolute Gasteiger partial charge is 0.253 e. The van der Waals surface area contributed by atoms with Gasteiger partial charge in [0.15, 0.2) is 0 Å². The Morgan fingerprint density at radius 3 is 1.42 bits per heavy atom. The Kier molecular flexibility index (Phi) is 2.50. The van der Waals surface area contributed by atoms with Gasteiger partial charge in [0.05, 0.1) is 11.8 Å². The number of rotatable bonds is 1. The molecule has 6 nitrogen and oxygen atoms in total. The lowest BCUT2D eigenvalue weighted by molar-refractivity contribution is -0.124. The quantitative estimate of drug-likeness (QED) is 0.633. The number of imide groups is 1. The summed E-state index contributed by atoms with van der Waals surface area (Å²) in [6.07, 6.45) is 2.80. The van der Waals surface area contributed by atoms with Crippen LogP contribution in [0.1, 0.15) is 34.1 Å². The molecule has 0 saturated carbocycles. The summed E-state index contributed by atoms with van der Waals surface area (Å²) in [6.45, 7) is 0. The predicted molar refractivity (Wildman–Crippen MR) is 91.8 cm³/mol. The maximum atomic E-state index is 13.3. The third-order valence-corrected chi connectivity index (χ3v) is 6.06. The Bertz CT molecular complexity index is 959. The summed E-state index contributed by atoms with van der Waals surface area (Å²) in [5.41, 5.74) is 4.68. The van der Waals surface area contributed by atoms with Crippen LogP contribution in [0.2, 0.25) is 0 Å². The first-order valence-electron chi connectivity index (χ1n) is 8.68. The summed E-state index contributed by atoms with van der Waals surface area (Å²) in [7, 11) is 0. The SMILES string of the molecule is O=C1[C@H]2C3c4ccccc4C(c4ccccc43)[C@@H]2C(=O)N1n1cnnc1. The Hall–Kier alpha value is -3.28. The van der Waals surface area contributed by atoms with Gasteiger partial charge in [0.2, 0.25) is 0 Å². The number of amides is 2. The Morgan fingerprint density at radius 1 is 0.654 bits per heavy atom. The van der Waals surface area contributed by atoms with Crippen LogP contribution in [0.3, 0.4) is 0 Å². The van der Waals surface area contributed by atoms with E-state index in [1.807, 2.05) is 24.3 Å². The largest absolute Gasteiger partial charge is 0.272 e. The highest BCUT2D eigenvalue weighted by Crippen LogP contribution is 2.60. The van der Waals surface area contributed by atoms with Gasteiger partial charge in [-0.2, -0.15) is 5.01 Å². The Morgan fingerprint density at radius 2 is 1.04 bits per heavy atom. The summed E-state index contributed by atoms with van der Waals surface area (Å²) < 4.78 is 1.40. The van der Waals surface area contributed by atoms with Crippen LogP contribution in [0.4, 0.5) is 0 Å². The highest BCUT2D eigenvalue weighted by molar-refractivity contribution is 6.18. The van der Waals surface area contributed by atoms with Gasteiger partial charge in [-0.05, 0) is 22.3 Å². The van der Waals surface area contributed by atoms with Crippen LogP contribution in [0.25, 0.3) is 0 Å². The minimum absolute atomic E-state index is 0.0877. The highest BCUT2D eigenvalue weighted by atomic mass is 16.2. The molecule has 3 aliphatic carbocycles. The molecule has 0 unspecified atom stereocenters. The van der Waals surface area contributed by atoms with E-state index in [1.165, 1.54) is 44.6 Å². The molecule has 2 aromatic carbocycles. The minimum Gasteiger partial charge on any atom is -0.272 e. The van der Waals surface area contributed by atoms with E-state index in [1.54, 1.807) is 0 Å². The first-order chi connectivity index (χ1) is 12.8. The molecule has 0 radical (unpaired) electrons. The number of hydrogen-bond acceptors (Lipinski definition) is 4. The highest BCUT2D eigenvalue weighted by Gasteiger charge is 2.62. The number of hydrogen-bond donors (Lipinski definition) is 0. The lowest BCUT2D eigenvalue weighted by Gasteiger charge is -2.45. The molecule has 0 spiro atoms. The number of nitrogens with zero attached hydrogens (tertiary/aromatic N) is 4. The molecule has 4 aliphatic rings. The van der Waals surface area contributed by atoms with E-state index in [9.17, 15) is 9.59 Å². The fraction of sp³-hybridized carbons (Fsp3) is 0.200. The van der Waals surface area contributed by atoms with Gasteiger partial charge < -0.3 is 0 Å². The molecule has 2 heterocycles. The van der Waals surface area contributed by atoms with Crippen LogP contribution >= 0.6 is 0 Å². The zero-order valence-electron chi connectivity index (χ0n) is 13.7. The maximum Gasteiger partial charge on any atom is 0.253 e. The molecule has 1 saturated heterocycles. The molecule has 6 heteroatoms. The Balaban J connectivity index is 1.62. The number of aromatic nitrogens is 3.